The van der Waals surface area contributed by atoms with Crippen molar-refractivity contribution < 1.29 is 9.53 Å². The van der Waals surface area contributed by atoms with Gasteiger partial charge in [0.2, 0.25) is 5.91 Å². The predicted octanol–water partition coefficient (Wildman–Crippen LogP) is 2.89. The first-order valence-corrected chi connectivity index (χ1v) is 9.01. The average molecular weight is 316 g/mol. The Bertz CT molecular complexity index is 526. The number of amides is 1. The van der Waals surface area contributed by atoms with Gasteiger partial charge >= 0.3 is 0 Å². The molecule has 0 radical (unpaired) electrons. The third kappa shape index (κ3) is 4.25. The van der Waals surface area contributed by atoms with Gasteiger partial charge in [0, 0.05) is 25.6 Å². The van der Waals surface area contributed by atoms with Crippen LogP contribution >= 0.6 is 0 Å². The van der Waals surface area contributed by atoms with Crippen molar-refractivity contribution in [2.45, 2.75) is 63.5 Å². The van der Waals surface area contributed by atoms with E-state index in [4.69, 9.17) is 10.5 Å². The Kier molecular flexibility index (Phi) is 5.55. The third-order valence-corrected chi connectivity index (χ3v) is 5.10. The zero-order chi connectivity index (χ0) is 16.1. The molecule has 23 heavy (non-hydrogen) atoms. The molecule has 2 aliphatic rings. The highest BCUT2D eigenvalue weighted by Crippen LogP contribution is 2.25. The molecular formula is C19H28N2O2. The van der Waals surface area contributed by atoms with E-state index in [1.54, 1.807) is 0 Å². The summed E-state index contributed by atoms with van der Waals surface area (Å²) in [5.41, 5.74) is 6.93. The number of hydrogen-bond donors (Lipinski definition) is 1. The molecule has 1 atom stereocenters. The van der Waals surface area contributed by atoms with Crippen molar-refractivity contribution in [3.8, 4) is 5.75 Å². The van der Waals surface area contributed by atoms with Crippen LogP contribution in [0.2, 0.25) is 0 Å². The molecule has 1 aliphatic carbocycles. The zero-order valence-electron chi connectivity index (χ0n) is 13.9. The molecule has 4 heteroatoms. The second-order valence-electron chi connectivity index (χ2n) is 6.79. The van der Waals surface area contributed by atoms with Gasteiger partial charge in [-0.3, -0.25) is 4.79 Å². The number of ether oxygens (including phenoxy) is 1. The van der Waals surface area contributed by atoms with Gasteiger partial charge in [-0.1, -0.05) is 12.1 Å². The number of rotatable bonds is 6. The summed E-state index contributed by atoms with van der Waals surface area (Å²) in [5.74, 6) is 1.18. The monoisotopic (exact) mass is 316 g/mol. The molecule has 1 unspecified atom stereocenters. The van der Waals surface area contributed by atoms with Gasteiger partial charge in [-0.15, -0.1) is 0 Å². The van der Waals surface area contributed by atoms with Crippen LogP contribution < -0.4 is 10.5 Å². The Labute approximate surface area is 139 Å². The van der Waals surface area contributed by atoms with E-state index in [9.17, 15) is 4.79 Å². The van der Waals surface area contributed by atoms with Gasteiger partial charge in [-0.25, -0.2) is 0 Å². The minimum Gasteiger partial charge on any atom is -0.490 e. The number of likely N-dealkylation sites (tertiary alicyclic amines) is 1. The first-order chi connectivity index (χ1) is 11.3. The average Bonchev–Trinajstić information content (AvgIpc) is 3.24. The summed E-state index contributed by atoms with van der Waals surface area (Å²) in [5, 5.41) is 0. The van der Waals surface area contributed by atoms with Crippen molar-refractivity contribution in [2.75, 3.05) is 13.1 Å². The Morgan fingerprint density at radius 1 is 1.22 bits per heavy atom. The number of carbonyl (C=O) groups is 1. The Morgan fingerprint density at radius 2 is 2.04 bits per heavy atom. The smallest absolute Gasteiger partial charge is 0.223 e. The molecule has 0 spiro atoms. The third-order valence-electron chi connectivity index (χ3n) is 5.10. The second kappa shape index (κ2) is 7.82. The van der Waals surface area contributed by atoms with Crippen molar-refractivity contribution in [2.24, 2.45) is 5.73 Å². The normalized spacial score (nSPS) is 21.8. The van der Waals surface area contributed by atoms with E-state index in [1.807, 2.05) is 17.0 Å². The SMILES string of the molecule is NCC1CCCN1C(=O)CCc1cccc(OC2CCCC2)c1. The molecule has 3 rings (SSSR count). The first kappa shape index (κ1) is 16.3. The second-order valence-corrected chi connectivity index (χ2v) is 6.79. The lowest BCUT2D eigenvalue weighted by atomic mass is 10.1. The van der Waals surface area contributed by atoms with Crippen molar-refractivity contribution in [3.63, 3.8) is 0 Å². The molecule has 2 N–H and O–H groups in total. The quantitative estimate of drug-likeness (QED) is 0.878. The number of carbonyl (C=O) groups excluding carboxylic acids is 1. The molecule has 0 aromatic heterocycles. The van der Waals surface area contributed by atoms with Crippen LogP contribution in [-0.4, -0.2) is 36.0 Å². The highest BCUT2D eigenvalue weighted by Gasteiger charge is 2.26. The summed E-state index contributed by atoms with van der Waals surface area (Å²) in [4.78, 5) is 14.4. The summed E-state index contributed by atoms with van der Waals surface area (Å²) < 4.78 is 6.05. The van der Waals surface area contributed by atoms with Crippen molar-refractivity contribution in [1.29, 1.82) is 0 Å². The van der Waals surface area contributed by atoms with Crippen LogP contribution in [0.4, 0.5) is 0 Å². The van der Waals surface area contributed by atoms with Gasteiger partial charge in [-0.05, 0) is 62.6 Å². The maximum Gasteiger partial charge on any atom is 0.223 e. The van der Waals surface area contributed by atoms with Gasteiger partial charge in [0.15, 0.2) is 0 Å². The summed E-state index contributed by atoms with van der Waals surface area (Å²) in [6.45, 7) is 1.45. The lowest BCUT2D eigenvalue weighted by Crippen LogP contribution is -2.39. The maximum atomic E-state index is 12.4. The molecule has 1 saturated heterocycles. The van der Waals surface area contributed by atoms with Crippen LogP contribution in [0.3, 0.4) is 0 Å². The van der Waals surface area contributed by atoms with E-state index in [0.717, 1.165) is 44.4 Å². The van der Waals surface area contributed by atoms with Gasteiger partial charge in [0.25, 0.3) is 0 Å². The van der Waals surface area contributed by atoms with Crippen LogP contribution in [0.1, 0.15) is 50.5 Å². The number of hydrogen-bond acceptors (Lipinski definition) is 3. The van der Waals surface area contributed by atoms with E-state index in [0.29, 0.717) is 19.1 Å². The maximum absolute atomic E-state index is 12.4. The largest absolute Gasteiger partial charge is 0.490 e. The summed E-state index contributed by atoms with van der Waals surface area (Å²) in [7, 11) is 0. The zero-order valence-corrected chi connectivity index (χ0v) is 13.9. The number of benzene rings is 1. The topological polar surface area (TPSA) is 55.6 Å². The molecule has 1 heterocycles. The van der Waals surface area contributed by atoms with Crippen LogP contribution in [-0.2, 0) is 11.2 Å². The fourth-order valence-electron chi connectivity index (χ4n) is 3.78. The molecule has 0 bridgehead atoms. The predicted molar refractivity (Wildman–Crippen MR) is 91.4 cm³/mol. The number of nitrogens with zero attached hydrogens (tertiary/aromatic N) is 1. The number of nitrogens with two attached hydrogens (primary N) is 1. The standard InChI is InChI=1S/C19H28N2O2/c20-14-16-6-4-12-21(16)19(22)11-10-15-5-3-9-18(13-15)23-17-7-1-2-8-17/h3,5,9,13,16-17H,1-2,4,6-8,10-12,14,20H2. The van der Waals surface area contributed by atoms with Crippen LogP contribution in [0.5, 0.6) is 5.75 Å². The van der Waals surface area contributed by atoms with Gasteiger partial charge in [-0.2, -0.15) is 0 Å². The Hall–Kier alpha value is -1.55. The van der Waals surface area contributed by atoms with Crippen molar-refractivity contribution in [1.82, 2.24) is 4.90 Å². The summed E-state index contributed by atoms with van der Waals surface area (Å²) >= 11 is 0. The molecular weight excluding hydrogens is 288 g/mol. The summed E-state index contributed by atoms with van der Waals surface area (Å²) in [6.07, 6.45) is 8.72. The van der Waals surface area contributed by atoms with Gasteiger partial charge in [0.1, 0.15) is 5.75 Å². The van der Waals surface area contributed by atoms with E-state index in [1.165, 1.54) is 18.4 Å². The Balaban J connectivity index is 1.52. The molecule has 1 amide bonds. The fraction of sp³-hybridized carbons (Fsp3) is 0.632. The van der Waals surface area contributed by atoms with Crippen LogP contribution in [0.25, 0.3) is 0 Å². The summed E-state index contributed by atoms with van der Waals surface area (Å²) in [6, 6.07) is 8.48. The lowest BCUT2D eigenvalue weighted by Gasteiger charge is -2.23. The molecule has 4 nitrogen and oxygen atoms in total. The molecule has 126 valence electrons. The molecule has 1 aromatic carbocycles. The number of aryl methyl sites for hydroxylation is 1. The fourth-order valence-corrected chi connectivity index (χ4v) is 3.78. The van der Waals surface area contributed by atoms with E-state index < -0.39 is 0 Å². The minimum atomic E-state index is 0.236. The van der Waals surface area contributed by atoms with Crippen molar-refractivity contribution in [3.05, 3.63) is 29.8 Å². The Morgan fingerprint density at radius 3 is 2.83 bits per heavy atom. The highest BCUT2D eigenvalue weighted by atomic mass is 16.5. The van der Waals surface area contributed by atoms with Crippen LogP contribution in [0.15, 0.2) is 24.3 Å². The molecule has 2 fully saturated rings. The van der Waals surface area contributed by atoms with Crippen molar-refractivity contribution >= 4 is 5.91 Å². The first-order valence-electron chi connectivity index (χ1n) is 9.01. The van der Waals surface area contributed by atoms with Gasteiger partial charge < -0.3 is 15.4 Å². The van der Waals surface area contributed by atoms with Gasteiger partial charge in [0.05, 0.1) is 6.10 Å². The van der Waals surface area contributed by atoms with E-state index >= 15 is 0 Å². The highest BCUT2D eigenvalue weighted by molar-refractivity contribution is 5.77. The van der Waals surface area contributed by atoms with Crippen LogP contribution in [0, 0.1) is 0 Å². The molecule has 1 saturated carbocycles. The van der Waals surface area contributed by atoms with E-state index in [2.05, 4.69) is 12.1 Å². The lowest BCUT2D eigenvalue weighted by molar-refractivity contribution is -0.131. The van der Waals surface area contributed by atoms with E-state index in [-0.39, 0.29) is 11.9 Å². The molecule has 1 aliphatic heterocycles. The molecule has 1 aromatic rings. The minimum absolute atomic E-state index is 0.236.